The summed E-state index contributed by atoms with van der Waals surface area (Å²) >= 11 is 10.9. The van der Waals surface area contributed by atoms with E-state index >= 15 is 0 Å². The van der Waals surface area contributed by atoms with Crippen molar-refractivity contribution in [3.8, 4) is 0 Å². The van der Waals surface area contributed by atoms with Gasteiger partial charge in [-0.25, -0.2) is 4.39 Å². The van der Waals surface area contributed by atoms with E-state index in [4.69, 9.17) is 17.3 Å². The second kappa shape index (κ2) is 5.95. The first-order chi connectivity index (χ1) is 8.58. The number of thioether (sulfide) groups is 1. The topological polar surface area (TPSA) is 26.0 Å². The quantitative estimate of drug-likeness (QED) is 0.617. The van der Waals surface area contributed by atoms with E-state index in [1.165, 1.54) is 17.8 Å². The van der Waals surface area contributed by atoms with Crippen LogP contribution < -0.4 is 5.73 Å². The molecule has 2 N–H and O–H groups in total. The normalized spacial score (nSPS) is 10.6. The zero-order chi connectivity index (χ0) is 13.1. The van der Waals surface area contributed by atoms with Gasteiger partial charge < -0.3 is 5.73 Å². The van der Waals surface area contributed by atoms with Crippen molar-refractivity contribution in [3.05, 3.63) is 57.3 Å². The Morgan fingerprint density at radius 1 is 1.28 bits per heavy atom. The average molecular weight is 347 g/mol. The van der Waals surface area contributed by atoms with Gasteiger partial charge in [0.25, 0.3) is 0 Å². The molecule has 0 atom stereocenters. The van der Waals surface area contributed by atoms with E-state index in [2.05, 4.69) is 15.9 Å². The molecule has 0 aliphatic heterocycles. The van der Waals surface area contributed by atoms with E-state index in [0.29, 0.717) is 22.0 Å². The monoisotopic (exact) mass is 345 g/mol. The van der Waals surface area contributed by atoms with E-state index in [1.807, 2.05) is 18.2 Å². The molecule has 2 aromatic rings. The molecule has 2 rings (SSSR count). The van der Waals surface area contributed by atoms with Gasteiger partial charge in [0, 0.05) is 31.4 Å². The van der Waals surface area contributed by atoms with Crippen molar-refractivity contribution < 1.29 is 4.39 Å². The second-order valence-corrected chi connectivity index (χ2v) is 5.96. The first-order valence-electron chi connectivity index (χ1n) is 5.18. The highest BCUT2D eigenvalue weighted by atomic mass is 79.9. The van der Waals surface area contributed by atoms with Crippen LogP contribution in [0.5, 0.6) is 0 Å². The van der Waals surface area contributed by atoms with Gasteiger partial charge in [-0.05, 0) is 46.3 Å². The number of anilines is 1. The van der Waals surface area contributed by atoms with Crippen LogP contribution in [0, 0.1) is 5.82 Å². The summed E-state index contributed by atoms with van der Waals surface area (Å²) in [4.78, 5) is 1.00. The molecule has 0 aliphatic carbocycles. The van der Waals surface area contributed by atoms with Gasteiger partial charge in [0.2, 0.25) is 0 Å². The van der Waals surface area contributed by atoms with Crippen molar-refractivity contribution in [2.24, 2.45) is 0 Å². The molecule has 5 heteroatoms. The van der Waals surface area contributed by atoms with Gasteiger partial charge in [-0.3, -0.25) is 0 Å². The standard InChI is InChI=1S/C13H10BrClFNS/c14-10-6-8(17)4-5-13(10)18-7-9-11(15)2-1-3-12(9)16/h1-6H,7,17H2. The predicted molar refractivity (Wildman–Crippen MR) is 79.5 cm³/mol. The third-order valence-electron chi connectivity index (χ3n) is 2.39. The Morgan fingerprint density at radius 3 is 2.72 bits per heavy atom. The molecular formula is C13H10BrClFNS. The molecule has 0 fully saturated rings. The number of halogens is 3. The fourth-order valence-electron chi connectivity index (χ4n) is 1.45. The summed E-state index contributed by atoms with van der Waals surface area (Å²) in [5.41, 5.74) is 6.87. The summed E-state index contributed by atoms with van der Waals surface area (Å²) in [6.45, 7) is 0. The van der Waals surface area contributed by atoms with Gasteiger partial charge in [0.05, 0.1) is 0 Å². The maximum atomic E-state index is 13.6. The minimum Gasteiger partial charge on any atom is -0.399 e. The fraction of sp³-hybridized carbons (Fsp3) is 0.0769. The fourth-order valence-corrected chi connectivity index (χ4v) is 3.46. The van der Waals surface area contributed by atoms with Crippen molar-refractivity contribution in [2.75, 3.05) is 5.73 Å². The van der Waals surface area contributed by atoms with Crippen LogP contribution in [0.4, 0.5) is 10.1 Å². The van der Waals surface area contributed by atoms with Crippen LogP contribution in [0.3, 0.4) is 0 Å². The summed E-state index contributed by atoms with van der Waals surface area (Å²) in [7, 11) is 0. The number of hydrogen-bond acceptors (Lipinski definition) is 2. The Labute approximate surface area is 123 Å². The first kappa shape index (κ1) is 13.7. The van der Waals surface area contributed by atoms with Crippen molar-refractivity contribution in [2.45, 2.75) is 10.6 Å². The Morgan fingerprint density at radius 2 is 2.06 bits per heavy atom. The maximum Gasteiger partial charge on any atom is 0.128 e. The molecule has 0 aromatic heterocycles. The van der Waals surface area contributed by atoms with Crippen LogP contribution in [0.1, 0.15) is 5.56 Å². The van der Waals surface area contributed by atoms with E-state index < -0.39 is 0 Å². The third-order valence-corrected chi connectivity index (χ3v) is 4.76. The highest BCUT2D eigenvalue weighted by molar-refractivity contribution is 9.10. The second-order valence-electron chi connectivity index (χ2n) is 3.68. The smallest absolute Gasteiger partial charge is 0.128 e. The minimum atomic E-state index is -0.276. The van der Waals surface area contributed by atoms with Crippen LogP contribution in [-0.4, -0.2) is 0 Å². The van der Waals surface area contributed by atoms with Crippen molar-refractivity contribution in [1.29, 1.82) is 0 Å². The predicted octanol–water partition coefficient (Wildman–Crippen LogP) is 5.12. The SMILES string of the molecule is Nc1ccc(SCc2c(F)cccc2Cl)c(Br)c1. The lowest BCUT2D eigenvalue weighted by Crippen LogP contribution is -1.90. The van der Waals surface area contributed by atoms with Crippen LogP contribution in [0.25, 0.3) is 0 Å². The first-order valence-corrected chi connectivity index (χ1v) is 7.34. The minimum absolute atomic E-state index is 0.276. The molecule has 18 heavy (non-hydrogen) atoms. The van der Waals surface area contributed by atoms with Gasteiger partial charge in [-0.2, -0.15) is 0 Å². The molecule has 0 bridgehead atoms. The van der Waals surface area contributed by atoms with E-state index in [1.54, 1.807) is 12.1 Å². The van der Waals surface area contributed by atoms with Gasteiger partial charge >= 0.3 is 0 Å². The summed E-state index contributed by atoms with van der Waals surface area (Å²) in [5.74, 6) is 0.204. The summed E-state index contributed by atoms with van der Waals surface area (Å²) in [6, 6.07) is 10.3. The zero-order valence-electron chi connectivity index (χ0n) is 9.29. The molecule has 0 amide bonds. The van der Waals surface area contributed by atoms with Crippen LogP contribution in [0.15, 0.2) is 45.8 Å². The van der Waals surface area contributed by atoms with E-state index in [0.717, 1.165) is 9.37 Å². The summed E-state index contributed by atoms with van der Waals surface area (Å²) < 4.78 is 14.5. The maximum absolute atomic E-state index is 13.6. The Hall–Kier alpha value is -0.710. The molecule has 1 nitrogen and oxygen atoms in total. The molecule has 0 aliphatic rings. The Bertz CT molecular complexity index is 557. The number of hydrogen-bond donors (Lipinski definition) is 1. The van der Waals surface area contributed by atoms with Crippen molar-refractivity contribution >= 4 is 45.0 Å². The highest BCUT2D eigenvalue weighted by Crippen LogP contribution is 2.33. The Kier molecular flexibility index (Phi) is 4.54. The largest absolute Gasteiger partial charge is 0.399 e. The number of rotatable bonds is 3. The number of nitrogen functional groups attached to an aromatic ring is 1. The average Bonchev–Trinajstić information content (AvgIpc) is 2.31. The van der Waals surface area contributed by atoms with Crippen molar-refractivity contribution in [1.82, 2.24) is 0 Å². The molecule has 2 aromatic carbocycles. The molecular weight excluding hydrogens is 337 g/mol. The molecule has 0 unspecified atom stereocenters. The van der Waals surface area contributed by atoms with Gasteiger partial charge in [0.1, 0.15) is 5.82 Å². The molecule has 94 valence electrons. The van der Waals surface area contributed by atoms with Gasteiger partial charge in [0.15, 0.2) is 0 Å². The van der Waals surface area contributed by atoms with E-state index in [9.17, 15) is 4.39 Å². The molecule has 0 saturated carbocycles. The lowest BCUT2D eigenvalue weighted by Gasteiger charge is -2.07. The lowest BCUT2D eigenvalue weighted by molar-refractivity contribution is 0.617. The molecule has 0 spiro atoms. The molecule has 0 heterocycles. The number of benzene rings is 2. The highest BCUT2D eigenvalue weighted by Gasteiger charge is 2.08. The molecule has 0 radical (unpaired) electrons. The van der Waals surface area contributed by atoms with Crippen LogP contribution >= 0.6 is 39.3 Å². The third kappa shape index (κ3) is 3.19. The number of nitrogens with two attached hydrogens (primary N) is 1. The zero-order valence-corrected chi connectivity index (χ0v) is 12.4. The van der Waals surface area contributed by atoms with Gasteiger partial charge in [-0.15, -0.1) is 11.8 Å². The lowest BCUT2D eigenvalue weighted by atomic mass is 10.2. The van der Waals surface area contributed by atoms with E-state index in [-0.39, 0.29) is 5.82 Å². The molecule has 0 saturated heterocycles. The Balaban J connectivity index is 2.16. The summed E-state index contributed by atoms with van der Waals surface area (Å²) in [5, 5.41) is 0.453. The van der Waals surface area contributed by atoms with Crippen LogP contribution in [0.2, 0.25) is 5.02 Å². The van der Waals surface area contributed by atoms with Crippen molar-refractivity contribution in [3.63, 3.8) is 0 Å². The van der Waals surface area contributed by atoms with Crippen LogP contribution in [-0.2, 0) is 5.75 Å². The van der Waals surface area contributed by atoms with Gasteiger partial charge in [-0.1, -0.05) is 17.7 Å². The summed E-state index contributed by atoms with van der Waals surface area (Å²) in [6.07, 6.45) is 0.